The molecule has 0 bridgehead atoms. The fourth-order valence-electron chi connectivity index (χ4n) is 2.65. The third-order valence-electron chi connectivity index (χ3n) is 4.21. The number of hydrogen-bond acceptors (Lipinski definition) is 6. The predicted molar refractivity (Wildman–Crippen MR) is 107 cm³/mol. The maximum Gasteiger partial charge on any atom is 0.271 e. The largest absolute Gasteiger partial charge is 0.506 e. The zero-order valence-electron chi connectivity index (χ0n) is 15.2. The molecule has 0 aliphatic heterocycles. The van der Waals surface area contributed by atoms with E-state index in [0.717, 1.165) is 16.5 Å². The first-order valence-corrected chi connectivity index (χ1v) is 8.20. The van der Waals surface area contributed by atoms with E-state index in [-0.39, 0.29) is 17.1 Å². The molecule has 0 spiro atoms. The summed E-state index contributed by atoms with van der Waals surface area (Å²) in [5.74, 6) is -0.00899. The quantitative estimate of drug-likeness (QED) is 0.230. The number of nitrogens with two attached hydrogens (primary N) is 1. The number of azo groups is 1. The number of quaternary nitrogens is 1. The average Bonchev–Trinajstić information content (AvgIpc) is 2.60. The molecule has 27 heavy (non-hydrogen) atoms. The molecule has 138 valence electrons. The Balaban J connectivity index is 2.09. The molecule has 0 radical (unpaired) electrons. The highest BCUT2D eigenvalue weighted by atomic mass is 16.6. The summed E-state index contributed by atoms with van der Waals surface area (Å²) in [5, 5.41) is 31.0. The van der Waals surface area contributed by atoms with Crippen LogP contribution >= 0.6 is 0 Å². The van der Waals surface area contributed by atoms with Gasteiger partial charge in [0, 0.05) is 23.6 Å². The van der Waals surface area contributed by atoms with Crippen molar-refractivity contribution < 1.29 is 10.0 Å². The number of anilines is 1. The van der Waals surface area contributed by atoms with Crippen LogP contribution in [0.25, 0.3) is 10.8 Å². The van der Waals surface area contributed by atoms with Gasteiger partial charge < -0.3 is 10.8 Å². The molecule has 3 aromatic carbocycles. The van der Waals surface area contributed by atoms with Gasteiger partial charge in [-0.1, -0.05) is 6.07 Å². The number of fused-ring (bicyclic) bond motifs is 1. The Morgan fingerprint density at radius 3 is 2.37 bits per heavy atom. The lowest BCUT2D eigenvalue weighted by atomic mass is 10.1. The van der Waals surface area contributed by atoms with E-state index in [9.17, 15) is 15.2 Å². The highest BCUT2D eigenvalue weighted by molar-refractivity contribution is 5.97. The lowest BCUT2D eigenvalue weighted by molar-refractivity contribution is -0.384. The lowest BCUT2D eigenvalue weighted by Gasteiger charge is -2.23. The van der Waals surface area contributed by atoms with Crippen molar-refractivity contribution in [1.82, 2.24) is 4.48 Å². The van der Waals surface area contributed by atoms with Gasteiger partial charge in [-0.05, 0) is 29.7 Å². The summed E-state index contributed by atoms with van der Waals surface area (Å²) in [6.45, 7) is 0. The van der Waals surface area contributed by atoms with Gasteiger partial charge in [0.1, 0.15) is 22.8 Å². The maximum atomic E-state index is 10.8. The van der Waals surface area contributed by atoms with E-state index >= 15 is 0 Å². The van der Waals surface area contributed by atoms with Gasteiger partial charge in [-0.15, -0.1) is 10.2 Å². The van der Waals surface area contributed by atoms with Crippen molar-refractivity contribution in [2.24, 2.45) is 10.2 Å². The predicted octanol–water partition coefficient (Wildman–Crippen LogP) is 4.65. The summed E-state index contributed by atoms with van der Waals surface area (Å²) < 4.78 is 0.609. The lowest BCUT2D eigenvalue weighted by Crippen LogP contribution is -2.34. The minimum absolute atomic E-state index is 0.00899. The Morgan fingerprint density at radius 1 is 1.04 bits per heavy atom. The maximum absolute atomic E-state index is 10.8. The second-order valence-corrected chi connectivity index (χ2v) is 7.05. The topological polar surface area (TPSA) is 114 Å². The second kappa shape index (κ2) is 6.65. The van der Waals surface area contributed by atoms with Gasteiger partial charge in [-0.2, -0.15) is 0 Å². The van der Waals surface area contributed by atoms with Crippen molar-refractivity contribution in [3.8, 4) is 5.75 Å². The first kappa shape index (κ1) is 18.3. The van der Waals surface area contributed by atoms with Crippen LogP contribution in [0.4, 0.5) is 28.4 Å². The molecule has 0 atom stereocenters. The van der Waals surface area contributed by atoms with Gasteiger partial charge in [0.2, 0.25) is 0 Å². The number of nitro groups is 1. The standard InChI is InChI=1S/C19H19N5O3/c1-24(2,3)14-7-4-12-5-9-18(25)19(15(12)11-14)22-21-17-8-6-13(23(26)27)10-16(17)20/h4-11H,1-3H3,(H2-,20,21,22,25)/p+1. The molecule has 0 unspecified atom stereocenters. The number of aromatic hydroxyl groups is 1. The van der Waals surface area contributed by atoms with Crippen LogP contribution in [0, 0.1) is 10.1 Å². The van der Waals surface area contributed by atoms with Crippen molar-refractivity contribution in [1.29, 1.82) is 0 Å². The number of phenolic OH excluding ortho intramolecular Hbond substituents is 1. The molecule has 8 nitrogen and oxygen atoms in total. The number of nitro benzene ring substituents is 1. The van der Waals surface area contributed by atoms with Gasteiger partial charge in [0.05, 0.1) is 31.8 Å². The van der Waals surface area contributed by atoms with Crippen LogP contribution in [0.15, 0.2) is 58.8 Å². The first-order chi connectivity index (χ1) is 12.7. The van der Waals surface area contributed by atoms with E-state index in [4.69, 9.17) is 5.73 Å². The molecule has 0 saturated heterocycles. The Labute approximate surface area is 155 Å². The number of benzene rings is 3. The van der Waals surface area contributed by atoms with Crippen LogP contribution in [0.1, 0.15) is 0 Å². The number of non-ortho nitro benzene ring substituents is 1. The average molecular weight is 366 g/mol. The molecular weight excluding hydrogens is 346 g/mol. The van der Waals surface area contributed by atoms with Crippen molar-refractivity contribution in [3.05, 3.63) is 58.6 Å². The number of hydrogen-bond donors (Lipinski definition) is 2. The minimum atomic E-state index is -0.528. The van der Waals surface area contributed by atoms with Crippen LogP contribution in [-0.2, 0) is 0 Å². The zero-order chi connectivity index (χ0) is 19.8. The SMILES string of the molecule is C[N+](C)(C)c1ccc2ccc(O)c(N=Nc3ccc([N+](=O)[O-])cc3N)c2c1. The number of phenols is 1. The molecule has 0 aliphatic carbocycles. The molecule has 8 heteroatoms. The summed E-state index contributed by atoms with van der Waals surface area (Å²) in [4.78, 5) is 10.3. The van der Waals surface area contributed by atoms with Gasteiger partial charge >= 0.3 is 0 Å². The van der Waals surface area contributed by atoms with E-state index in [1.165, 1.54) is 18.2 Å². The van der Waals surface area contributed by atoms with Gasteiger partial charge in [-0.3, -0.25) is 14.6 Å². The first-order valence-electron chi connectivity index (χ1n) is 8.20. The third-order valence-corrected chi connectivity index (χ3v) is 4.21. The van der Waals surface area contributed by atoms with Crippen LogP contribution in [0.2, 0.25) is 0 Å². The monoisotopic (exact) mass is 366 g/mol. The summed E-state index contributed by atoms with van der Waals surface area (Å²) in [5.41, 5.74) is 7.50. The van der Waals surface area contributed by atoms with E-state index in [1.807, 2.05) is 45.4 Å². The minimum Gasteiger partial charge on any atom is -0.506 e. The normalized spacial score (nSPS) is 12.0. The Kier molecular flexibility index (Phi) is 4.50. The van der Waals surface area contributed by atoms with E-state index < -0.39 is 4.92 Å². The molecule has 0 aromatic heterocycles. The summed E-state index contributed by atoms with van der Waals surface area (Å²) >= 11 is 0. The van der Waals surface area contributed by atoms with Crippen molar-refractivity contribution in [2.75, 3.05) is 26.9 Å². The van der Waals surface area contributed by atoms with Gasteiger partial charge in [0.15, 0.2) is 0 Å². The van der Waals surface area contributed by atoms with Gasteiger partial charge in [-0.25, -0.2) is 0 Å². The fraction of sp³-hybridized carbons (Fsp3) is 0.158. The summed E-state index contributed by atoms with van der Waals surface area (Å²) in [6, 6.07) is 13.3. The molecule has 0 aliphatic rings. The zero-order valence-corrected chi connectivity index (χ0v) is 15.2. The Bertz CT molecular complexity index is 1070. The second-order valence-electron chi connectivity index (χ2n) is 7.05. The molecule has 0 saturated carbocycles. The smallest absolute Gasteiger partial charge is 0.271 e. The van der Waals surface area contributed by atoms with Crippen LogP contribution in [-0.4, -0.2) is 31.2 Å². The van der Waals surface area contributed by atoms with Crippen LogP contribution in [0.3, 0.4) is 0 Å². The Morgan fingerprint density at radius 2 is 1.74 bits per heavy atom. The van der Waals surface area contributed by atoms with Crippen molar-refractivity contribution >= 4 is 39.2 Å². The van der Waals surface area contributed by atoms with E-state index in [1.54, 1.807) is 6.07 Å². The summed E-state index contributed by atoms with van der Waals surface area (Å²) in [6.07, 6.45) is 0. The van der Waals surface area contributed by atoms with E-state index in [0.29, 0.717) is 15.9 Å². The molecule has 3 aromatic rings. The van der Waals surface area contributed by atoms with Gasteiger partial charge in [0.25, 0.3) is 5.69 Å². The third kappa shape index (κ3) is 3.70. The molecule has 3 rings (SSSR count). The van der Waals surface area contributed by atoms with E-state index in [2.05, 4.69) is 10.2 Å². The highest BCUT2D eigenvalue weighted by Crippen LogP contribution is 2.39. The molecule has 0 heterocycles. The molecule has 0 fully saturated rings. The van der Waals surface area contributed by atoms with Crippen molar-refractivity contribution in [3.63, 3.8) is 0 Å². The van der Waals surface area contributed by atoms with Crippen molar-refractivity contribution in [2.45, 2.75) is 0 Å². The Hall–Kier alpha value is -3.52. The van der Waals surface area contributed by atoms with Crippen LogP contribution < -0.4 is 10.2 Å². The fourth-order valence-corrected chi connectivity index (χ4v) is 2.65. The molecule has 0 amide bonds. The highest BCUT2D eigenvalue weighted by Gasteiger charge is 2.15. The number of nitrogen functional groups attached to an aromatic ring is 1. The molecule has 3 N–H and O–H groups in total. The summed E-state index contributed by atoms with van der Waals surface area (Å²) in [7, 11) is 6.13. The number of rotatable bonds is 4. The molecular formula is C19H20N5O3+. The van der Waals surface area contributed by atoms with Crippen LogP contribution in [0.5, 0.6) is 5.75 Å². The number of nitrogens with zero attached hydrogens (tertiary/aromatic N) is 4.